The fourth-order valence-electron chi connectivity index (χ4n) is 3.43. The Morgan fingerprint density at radius 2 is 1.92 bits per heavy atom. The maximum Gasteiger partial charge on any atom is 0.260 e. The van der Waals surface area contributed by atoms with Crippen molar-refractivity contribution in [2.45, 2.75) is 25.8 Å². The molecule has 0 bridgehead atoms. The molecular formula is C19H22ClN3O2S. The molecule has 4 rings (SSSR count). The number of benzene rings is 1. The van der Waals surface area contributed by atoms with Crippen molar-refractivity contribution in [1.29, 1.82) is 0 Å². The zero-order valence-corrected chi connectivity index (χ0v) is 16.2. The third-order valence-electron chi connectivity index (χ3n) is 4.90. The number of nitrogens with zero attached hydrogens (tertiary/aromatic N) is 3. The molecule has 0 saturated carbocycles. The number of ether oxygens (including phenoxy) is 1. The van der Waals surface area contributed by atoms with Crippen molar-refractivity contribution >= 4 is 28.8 Å². The molecule has 1 fully saturated rings. The van der Waals surface area contributed by atoms with Gasteiger partial charge in [0.1, 0.15) is 10.8 Å². The average Bonchev–Trinajstić information content (AvgIpc) is 3.23. The van der Waals surface area contributed by atoms with Crippen LogP contribution in [0.2, 0.25) is 5.02 Å². The first-order valence-electron chi connectivity index (χ1n) is 9.03. The lowest BCUT2D eigenvalue weighted by atomic mass is 10.3. The van der Waals surface area contributed by atoms with Crippen LogP contribution in [0.5, 0.6) is 5.75 Å². The molecule has 1 amide bonds. The van der Waals surface area contributed by atoms with Gasteiger partial charge in [-0.2, -0.15) is 0 Å². The third-order valence-corrected chi connectivity index (χ3v) is 6.29. The molecule has 1 aromatic heterocycles. The highest BCUT2D eigenvalue weighted by atomic mass is 35.5. The van der Waals surface area contributed by atoms with E-state index in [2.05, 4.69) is 4.90 Å². The number of rotatable bonds is 5. The van der Waals surface area contributed by atoms with Crippen LogP contribution in [0.15, 0.2) is 24.3 Å². The maximum atomic E-state index is 12.3. The van der Waals surface area contributed by atoms with Gasteiger partial charge >= 0.3 is 0 Å². The zero-order chi connectivity index (χ0) is 17.9. The van der Waals surface area contributed by atoms with Gasteiger partial charge in [-0.3, -0.25) is 9.69 Å². The van der Waals surface area contributed by atoms with Crippen LogP contribution in [0.1, 0.15) is 22.0 Å². The van der Waals surface area contributed by atoms with Gasteiger partial charge in [0.2, 0.25) is 0 Å². The number of carbonyl (C=O) groups is 1. The van der Waals surface area contributed by atoms with E-state index in [1.54, 1.807) is 24.3 Å². The molecule has 138 valence electrons. The fourth-order valence-corrected chi connectivity index (χ4v) is 4.75. The number of hydrogen-bond acceptors (Lipinski definition) is 5. The summed E-state index contributed by atoms with van der Waals surface area (Å²) in [6, 6.07) is 7.07. The summed E-state index contributed by atoms with van der Waals surface area (Å²) < 4.78 is 5.56. The molecule has 1 aliphatic heterocycles. The first-order valence-corrected chi connectivity index (χ1v) is 10.2. The molecule has 0 atom stereocenters. The predicted octanol–water partition coefficient (Wildman–Crippen LogP) is 3.01. The van der Waals surface area contributed by atoms with E-state index in [0.29, 0.717) is 10.8 Å². The van der Waals surface area contributed by atoms with E-state index in [4.69, 9.17) is 21.3 Å². The smallest absolute Gasteiger partial charge is 0.260 e. The lowest BCUT2D eigenvalue weighted by Gasteiger charge is -2.34. The Labute approximate surface area is 162 Å². The zero-order valence-electron chi connectivity index (χ0n) is 14.6. The Morgan fingerprint density at radius 3 is 2.65 bits per heavy atom. The Morgan fingerprint density at radius 1 is 1.15 bits per heavy atom. The molecule has 26 heavy (non-hydrogen) atoms. The summed E-state index contributed by atoms with van der Waals surface area (Å²) in [5.41, 5.74) is 1.32. The van der Waals surface area contributed by atoms with E-state index in [-0.39, 0.29) is 12.5 Å². The van der Waals surface area contributed by atoms with Crippen molar-refractivity contribution in [3.05, 3.63) is 44.9 Å². The van der Waals surface area contributed by atoms with Gasteiger partial charge in [-0.1, -0.05) is 11.6 Å². The Kier molecular flexibility index (Phi) is 5.43. The van der Waals surface area contributed by atoms with Crippen molar-refractivity contribution in [3.8, 4) is 5.75 Å². The van der Waals surface area contributed by atoms with Crippen LogP contribution in [0.3, 0.4) is 0 Å². The quantitative estimate of drug-likeness (QED) is 0.786. The minimum absolute atomic E-state index is 0.0350. The highest BCUT2D eigenvalue weighted by Gasteiger charge is 2.23. The van der Waals surface area contributed by atoms with Crippen LogP contribution in [-0.4, -0.2) is 53.5 Å². The molecule has 0 radical (unpaired) electrons. The summed E-state index contributed by atoms with van der Waals surface area (Å²) in [6.07, 6.45) is 3.60. The van der Waals surface area contributed by atoms with Crippen LogP contribution in [-0.2, 0) is 24.2 Å². The lowest BCUT2D eigenvalue weighted by Crippen LogP contribution is -2.49. The van der Waals surface area contributed by atoms with E-state index in [1.165, 1.54) is 28.4 Å². The number of aryl methyl sites for hydroxylation is 2. The first-order chi connectivity index (χ1) is 12.7. The van der Waals surface area contributed by atoms with E-state index in [9.17, 15) is 4.79 Å². The van der Waals surface area contributed by atoms with E-state index < -0.39 is 0 Å². The number of hydrogen-bond donors (Lipinski definition) is 0. The second-order valence-corrected chi connectivity index (χ2v) is 8.34. The van der Waals surface area contributed by atoms with Crippen molar-refractivity contribution in [1.82, 2.24) is 14.8 Å². The summed E-state index contributed by atoms with van der Waals surface area (Å²) in [6.45, 7) is 4.23. The van der Waals surface area contributed by atoms with Gasteiger partial charge in [0.25, 0.3) is 5.91 Å². The summed E-state index contributed by atoms with van der Waals surface area (Å²) >= 11 is 7.72. The largest absolute Gasteiger partial charge is 0.484 e. The molecule has 0 N–H and O–H groups in total. The molecule has 1 saturated heterocycles. The average molecular weight is 392 g/mol. The van der Waals surface area contributed by atoms with Crippen molar-refractivity contribution in [2.75, 3.05) is 32.8 Å². The van der Waals surface area contributed by atoms with Gasteiger partial charge in [0.15, 0.2) is 6.61 Å². The van der Waals surface area contributed by atoms with Gasteiger partial charge in [-0.05, 0) is 43.5 Å². The van der Waals surface area contributed by atoms with Gasteiger partial charge in [-0.25, -0.2) is 4.98 Å². The second kappa shape index (κ2) is 7.94. The number of carbonyl (C=O) groups excluding carboxylic acids is 1. The predicted molar refractivity (Wildman–Crippen MR) is 103 cm³/mol. The molecular weight excluding hydrogens is 370 g/mol. The number of fused-ring (bicyclic) bond motifs is 1. The van der Waals surface area contributed by atoms with Crippen molar-refractivity contribution in [2.24, 2.45) is 0 Å². The molecule has 1 aromatic carbocycles. The van der Waals surface area contributed by atoms with Gasteiger partial charge in [0, 0.05) is 36.1 Å². The topological polar surface area (TPSA) is 45.7 Å². The monoisotopic (exact) mass is 391 g/mol. The number of halogens is 1. The van der Waals surface area contributed by atoms with Crippen LogP contribution in [0.25, 0.3) is 0 Å². The molecule has 0 unspecified atom stereocenters. The molecule has 0 spiro atoms. The number of piperazine rings is 1. The minimum atomic E-state index is 0.0350. The molecule has 1 aliphatic carbocycles. The molecule has 2 aliphatic rings. The number of thiazole rings is 1. The summed E-state index contributed by atoms with van der Waals surface area (Å²) in [5, 5.41) is 1.88. The normalized spacial score (nSPS) is 17.3. The first kappa shape index (κ1) is 17.8. The highest BCUT2D eigenvalue weighted by molar-refractivity contribution is 7.11. The van der Waals surface area contributed by atoms with Gasteiger partial charge in [-0.15, -0.1) is 11.3 Å². The second-order valence-electron chi connectivity index (χ2n) is 6.73. The lowest BCUT2D eigenvalue weighted by molar-refractivity contribution is -0.135. The summed E-state index contributed by atoms with van der Waals surface area (Å²) in [7, 11) is 0. The molecule has 2 heterocycles. The maximum absolute atomic E-state index is 12.3. The van der Waals surface area contributed by atoms with Gasteiger partial charge in [0.05, 0.1) is 12.2 Å². The van der Waals surface area contributed by atoms with Crippen LogP contribution >= 0.6 is 22.9 Å². The molecule has 5 nitrogen and oxygen atoms in total. The molecule has 2 aromatic rings. The summed E-state index contributed by atoms with van der Waals surface area (Å²) in [4.78, 5) is 22.9. The molecule has 7 heteroatoms. The Bertz CT molecular complexity index is 748. The Balaban J connectivity index is 1.22. The van der Waals surface area contributed by atoms with Crippen molar-refractivity contribution in [3.63, 3.8) is 0 Å². The fraction of sp³-hybridized carbons (Fsp3) is 0.474. The standard InChI is InChI=1S/C19H22ClN3O2S/c20-14-4-6-15(7-5-14)25-13-19(24)23-10-8-22(9-11-23)12-18-21-16-2-1-3-17(16)26-18/h4-7H,1-3,8-13H2. The highest BCUT2D eigenvalue weighted by Crippen LogP contribution is 2.28. The van der Waals surface area contributed by atoms with E-state index >= 15 is 0 Å². The number of aromatic nitrogens is 1. The van der Waals surface area contributed by atoms with E-state index in [1.807, 2.05) is 16.2 Å². The Hall–Kier alpha value is -1.63. The minimum Gasteiger partial charge on any atom is -0.484 e. The number of amides is 1. The van der Waals surface area contributed by atoms with Crippen LogP contribution < -0.4 is 4.74 Å². The SMILES string of the molecule is O=C(COc1ccc(Cl)cc1)N1CCN(Cc2nc3c(s2)CCC3)CC1. The van der Waals surface area contributed by atoms with E-state index in [0.717, 1.165) is 39.1 Å². The van der Waals surface area contributed by atoms with Crippen molar-refractivity contribution < 1.29 is 9.53 Å². The van der Waals surface area contributed by atoms with Crippen LogP contribution in [0.4, 0.5) is 0 Å². The van der Waals surface area contributed by atoms with Gasteiger partial charge < -0.3 is 9.64 Å². The van der Waals surface area contributed by atoms with Crippen LogP contribution in [0, 0.1) is 0 Å². The third kappa shape index (κ3) is 4.19. The summed E-state index contributed by atoms with van der Waals surface area (Å²) in [5.74, 6) is 0.700.